The number of ether oxygens (including phenoxy) is 1. The van der Waals surface area contributed by atoms with Crippen molar-refractivity contribution in [2.24, 2.45) is 0 Å². The highest BCUT2D eigenvalue weighted by atomic mass is 127. The van der Waals surface area contributed by atoms with Gasteiger partial charge in [0.15, 0.2) is 5.75 Å². The van der Waals surface area contributed by atoms with Gasteiger partial charge in [-0.25, -0.2) is 4.79 Å². The minimum Gasteiger partial charge on any atom is -0.486 e. The molecule has 1 aliphatic heterocycles. The SMILES string of the molecule is O=C1N/C(=C\c2cc(Cl)c(OCc3ccc(I)cc3)c(Br)c2)C(=O)N1Cc1ccc(Cl)cc1. The van der Waals surface area contributed by atoms with Gasteiger partial charge in [0.05, 0.1) is 16.0 Å². The third-order valence-electron chi connectivity index (χ3n) is 4.84. The lowest BCUT2D eigenvalue weighted by molar-refractivity contribution is -0.123. The predicted octanol–water partition coefficient (Wildman–Crippen LogP) is 7.03. The summed E-state index contributed by atoms with van der Waals surface area (Å²) in [7, 11) is 0. The Balaban J connectivity index is 1.49. The molecular formula is C24H16BrCl2IN2O3. The molecule has 33 heavy (non-hydrogen) atoms. The minimum absolute atomic E-state index is 0.148. The van der Waals surface area contributed by atoms with Crippen LogP contribution in [-0.2, 0) is 17.9 Å². The number of nitrogens with one attached hydrogen (secondary N) is 1. The summed E-state index contributed by atoms with van der Waals surface area (Å²) in [6, 6.07) is 18.0. The third kappa shape index (κ3) is 5.90. The highest BCUT2D eigenvalue weighted by molar-refractivity contribution is 14.1. The average molecular weight is 658 g/mol. The summed E-state index contributed by atoms with van der Waals surface area (Å²) in [5, 5.41) is 3.59. The molecule has 9 heteroatoms. The molecule has 0 spiro atoms. The molecule has 1 heterocycles. The van der Waals surface area contributed by atoms with Crippen LogP contribution in [0.3, 0.4) is 0 Å². The molecule has 0 radical (unpaired) electrons. The van der Waals surface area contributed by atoms with Crippen LogP contribution in [-0.4, -0.2) is 16.8 Å². The maximum Gasteiger partial charge on any atom is 0.329 e. The second-order valence-electron chi connectivity index (χ2n) is 7.23. The van der Waals surface area contributed by atoms with Crippen LogP contribution in [0.15, 0.2) is 70.8 Å². The van der Waals surface area contributed by atoms with Crippen molar-refractivity contribution in [1.29, 1.82) is 0 Å². The van der Waals surface area contributed by atoms with E-state index in [0.29, 0.717) is 32.4 Å². The fourth-order valence-electron chi connectivity index (χ4n) is 3.19. The molecule has 1 fully saturated rings. The number of imide groups is 1. The Bertz CT molecular complexity index is 1220. The van der Waals surface area contributed by atoms with Gasteiger partial charge >= 0.3 is 6.03 Å². The first-order valence-electron chi connectivity index (χ1n) is 9.75. The number of rotatable bonds is 6. The van der Waals surface area contributed by atoms with E-state index in [1.165, 1.54) is 0 Å². The molecule has 0 atom stereocenters. The highest BCUT2D eigenvalue weighted by Gasteiger charge is 2.33. The summed E-state index contributed by atoms with van der Waals surface area (Å²) >= 11 is 18.1. The van der Waals surface area contributed by atoms with Crippen LogP contribution in [0.25, 0.3) is 6.08 Å². The van der Waals surface area contributed by atoms with Crippen LogP contribution in [0, 0.1) is 3.57 Å². The van der Waals surface area contributed by atoms with E-state index in [1.54, 1.807) is 42.5 Å². The van der Waals surface area contributed by atoms with E-state index in [4.69, 9.17) is 27.9 Å². The Morgan fingerprint density at radius 2 is 1.67 bits per heavy atom. The van der Waals surface area contributed by atoms with E-state index in [9.17, 15) is 9.59 Å². The summed E-state index contributed by atoms with van der Waals surface area (Å²) < 4.78 is 7.68. The molecule has 0 aromatic heterocycles. The van der Waals surface area contributed by atoms with E-state index in [1.807, 2.05) is 24.3 Å². The molecule has 0 unspecified atom stereocenters. The molecule has 0 aliphatic carbocycles. The molecule has 168 valence electrons. The highest BCUT2D eigenvalue weighted by Crippen LogP contribution is 2.36. The van der Waals surface area contributed by atoms with Gasteiger partial charge in [-0.05, 0) is 97.7 Å². The van der Waals surface area contributed by atoms with Gasteiger partial charge in [0.1, 0.15) is 12.3 Å². The molecule has 1 N–H and O–H groups in total. The molecular weight excluding hydrogens is 642 g/mol. The van der Waals surface area contributed by atoms with Gasteiger partial charge in [0, 0.05) is 8.59 Å². The van der Waals surface area contributed by atoms with Crippen LogP contribution in [0.1, 0.15) is 16.7 Å². The Labute approximate surface area is 223 Å². The zero-order valence-electron chi connectivity index (χ0n) is 16.9. The zero-order valence-corrected chi connectivity index (χ0v) is 22.2. The quantitative estimate of drug-likeness (QED) is 0.176. The fraction of sp³-hybridized carbons (Fsp3) is 0.0833. The summed E-state index contributed by atoms with van der Waals surface area (Å²) in [6.45, 7) is 0.513. The predicted molar refractivity (Wildman–Crippen MR) is 141 cm³/mol. The normalized spacial score (nSPS) is 14.7. The molecule has 3 aromatic carbocycles. The maximum atomic E-state index is 12.8. The van der Waals surface area contributed by atoms with Crippen molar-refractivity contribution in [3.8, 4) is 5.75 Å². The second kappa shape index (κ2) is 10.5. The van der Waals surface area contributed by atoms with Crippen molar-refractivity contribution in [2.75, 3.05) is 0 Å². The number of amides is 3. The first kappa shape index (κ1) is 24.1. The van der Waals surface area contributed by atoms with Gasteiger partial charge < -0.3 is 10.1 Å². The first-order chi connectivity index (χ1) is 15.8. The van der Waals surface area contributed by atoms with Crippen LogP contribution in [0.5, 0.6) is 5.75 Å². The minimum atomic E-state index is -0.483. The lowest BCUT2D eigenvalue weighted by Gasteiger charge is -2.12. The molecule has 1 aliphatic rings. The fourth-order valence-corrected chi connectivity index (χ4v) is 4.67. The average Bonchev–Trinajstić information content (AvgIpc) is 3.03. The summed E-state index contributed by atoms with van der Waals surface area (Å²) in [4.78, 5) is 26.3. The Morgan fingerprint density at radius 1 is 1.00 bits per heavy atom. The van der Waals surface area contributed by atoms with Gasteiger partial charge in [-0.15, -0.1) is 0 Å². The number of hydrogen-bond acceptors (Lipinski definition) is 3. The molecule has 0 saturated carbocycles. The maximum absolute atomic E-state index is 12.8. The van der Waals surface area contributed by atoms with Crippen LogP contribution in [0.2, 0.25) is 10.0 Å². The number of urea groups is 1. The monoisotopic (exact) mass is 656 g/mol. The van der Waals surface area contributed by atoms with Gasteiger partial charge in [-0.2, -0.15) is 0 Å². The largest absolute Gasteiger partial charge is 0.486 e. The summed E-state index contributed by atoms with van der Waals surface area (Å²) in [5.41, 5.74) is 2.63. The number of benzene rings is 3. The van der Waals surface area contributed by atoms with Crippen LogP contribution in [0.4, 0.5) is 4.79 Å². The molecule has 5 nitrogen and oxygen atoms in total. The number of carbonyl (C=O) groups excluding carboxylic acids is 2. The van der Waals surface area contributed by atoms with Crippen molar-refractivity contribution in [3.63, 3.8) is 0 Å². The molecule has 3 amide bonds. The molecule has 1 saturated heterocycles. The molecule has 3 aromatic rings. The van der Waals surface area contributed by atoms with Gasteiger partial charge in [0.2, 0.25) is 0 Å². The standard InChI is InChI=1S/C24H16BrCl2IN2O3/c25-19-9-16(10-20(27)22(19)33-13-15-3-7-18(28)8-4-15)11-21-23(31)30(24(32)29-21)12-14-1-5-17(26)6-2-14/h1-11H,12-13H2,(H,29,32)/b21-11-. The van der Waals surface area contributed by atoms with Gasteiger partial charge in [-0.3, -0.25) is 9.69 Å². The number of nitrogens with zero attached hydrogens (tertiary/aromatic N) is 1. The second-order valence-corrected chi connectivity index (χ2v) is 10.2. The molecule has 0 bridgehead atoms. The van der Waals surface area contributed by atoms with E-state index in [2.05, 4.69) is 43.8 Å². The van der Waals surface area contributed by atoms with Gasteiger partial charge in [-0.1, -0.05) is 47.5 Å². The van der Waals surface area contributed by atoms with Crippen molar-refractivity contribution in [2.45, 2.75) is 13.2 Å². The van der Waals surface area contributed by atoms with E-state index in [0.717, 1.165) is 19.6 Å². The van der Waals surface area contributed by atoms with E-state index in [-0.39, 0.29) is 12.2 Å². The number of hydrogen-bond donors (Lipinski definition) is 1. The van der Waals surface area contributed by atoms with Crippen LogP contribution >= 0.6 is 61.7 Å². The van der Waals surface area contributed by atoms with Crippen LogP contribution < -0.4 is 10.1 Å². The Hall–Kier alpha value is -2.07. The van der Waals surface area contributed by atoms with E-state index < -0.39 is 11.9 Å². The lowest BCUT2D eigenvalue weighted by atomic mass is 10.1. The Morgan fingerprint density at radius 3 is 2.33 bits per heavy atom. The third-order valence-corrected chi connectivity index (χ3v) is 6.69. The smallest absolute Gasteiger partial charge is 0.329 e. The summed E-state index contributed by atoms with van der Waals surface area (Å²) in [6.07, 6.45) is 1.58. The first-order valence-corrected chi connectivity index (χ1v) is 12.4. The van der Waals surface area contributed by atoms with Crippen molar-refractivity contribution < 1.29 is 14.3 Å². The summed E-state index contributed by atoms with van der Waals surface area (Å²) in [5.74, 6) is 0.0877. The molecule has 4 rings (SSSR count). The number of carbonyl (C=O) groups is 2. The van der Waals surface area contributed by atoms with Crippen molar-refractivity contribution in [3.05, 3.63) is 101 Å². The topological polar surface area (TPSA) is 58.6 Å². The van der Waals surface area contributed by atoms with Crippen molar-refractivity contribution in [1.82, 2.24) is 10.2 Å². The van der Waals surface area contributed by atoms with Crippen molar-refractivity contribution >= 4 is 79.7 Å². The van der Waals surface area contributed by atoms with Gasteiger partial charge in [0.25, 0.3) is 5.91 Å². The van der Waals surface area contributed by atoms with E-state index >= 15 is 0 Å². The number of halogens is 4. The lowest BCUT2D eigenvalue weighted by Crippen LogP contribution is -2.30. The Kier molecular flexibility index (Phi) is 7.63. The zero-order chi connectivity index (χ0) is 23.5.